The van der Waals surface area contributed by atoms with Crippen molar-refractivity contribution in [3.8, 4) is 0 Å². The topological polar surface area (TPSA) is 60.0 Å². The van der Waals surface area contributed by atoms with E-state index in [0.29, 0.717) is 13.1 Å². The summed E-state index contributed by atoms with van der Waals surface area (Å²) in [7, 11) is 0. The Kier molecular flexibility index (Phi) is 3.06. The molecule has 15 heavy (non-hydrogen) atoms. The lowest BCUT2D eigenvalue weighted by Gasteiger charge is -2.08. The monoisotopic (exact) mass is 207 g/mol. The number of aromatic nitrogens is 1. The third-order valence-electron chi connectivity index (χ3n) is 2.73. The average Bonchev–Trinajstić information content (AvgIpc) is 2.96. The molecule has 2 rings (SSSR count). The molecule has 0 bridgehead atoms. The van der Waals surface area contributed by atoms with E-state index in [4.69, 9.17) is 5.73 Å². The van der Waals surface area contributed by atoms with Gasteiger partial charge in [-0.05, 0) is 30.9 Å². The van der Waals surface area contributed by atoms with Crippen LogP contribution in [0.5, 0.6) is 0 Å². The molecule has 4 heteroatoms. The molecule has 0 unspecified atom stereocenters. The van der Waals surface area contributed by atoms with E-state index in [2.05, 4.69) is 5.32 Å². The normalized spacial score (nSPS) is 15.3. The number of rotatable bonds is 5. The molecule has 4 nitrogen and oxygen atoms in total. The number of nitrogens with two attached hydrogens (primary N) is 1. The maximum atomic E-state index is 11.5. The van der Waals surface area contributed by atoms with Crippen LogP contribution in [-0.4, -0.2) is 17.0 Å². The fraction of sp³-hybridized carbons (Fsp3) is 0.545. The van der Waals surface area contributed by atoms with Gasteiger partial charge in [0, 0.05) is 25.0 Å². The van der Waals surface area contributed by atoms with Crippen molar-refractivity contribution in [3.63, 3.8) is 0 Å². The van der Waals surface area contributed by atoms with Crippen LogP contribution in [0, 0.1) is 5.92 Å². The van der Waals surface area contributed by atoms with Crippen LogP contribution < -0.4 is 11.1 Å². The molecule has 0 aromatic carbocycles. The molecular formula is C11H17N3O. The summed E-state index contributed by atoms with van der Waals surface area (Å²) in [6.07, 6.45) is 4.41. The van der Waals surface area contributed by atoms with E-state index in [1.165, 1.54) is 12.8 Å². The Morgan fingerprint density at radius 3 is 3.07 bits per heavy atom. The second-order valence-corrected chi connectivity index (χ2v) is 4.08. The second kappa shape index (κ2) is 4.49. The van der Waals surface area contributed by atoms with Crippen molar-refractivity contribution in [2.24, 2.45) is 11.7 Å². The Hall–Kier alpha value is -1.29. The van der Waals surface area contributed by atoms with Gasteiger partial charge in [-0.15, -0.1) is 0 Å². The van der Waals surface area contributed by atoms with Gasteiger partial charge in [-0.1, -0.05) is 0 Å². The molecule has 1 aliphatic rings. The first-order chi connectivity index (χ1) is 7.29. The summed E-state index contributed by atoms with van der Waals surface area (Å²) in [5.74, 6) is 0.806. The van der Waals surface area contributed by atoms with Crippen LogP contribution in [0.2, 0.25) is 0 Å². The predicted molar refractivity (Wildman–Crippen MR) is 58.1 cm³/mol. The van der Waals surface area contributed by atoms with Gasteiger partial charge in [-0.25, -0.2) is 0 Å². The molecule has 1 aromatic rings. The quantitative estimate of drug-likeness (QED) is 0.737. The van der Waals surface area contributed by atoms with Crippen molar-refractivity contribution in [2.75, 3.05) is 6.54 Å². The highest BCUT2D eigenvalue weighted by Gasteiger charge is 2.21. The van der Waals surface area contributed by atoms with Gasteiger partial charge in [-0.2, -0.15) is 0 Å². The van der Waals surface area contributed by atoms with Gasteiger partial charge in [0.15, 0.2) is 0 Å². The molecule has 1 aliphatic carbocycles. The molecule has 0 radical (unpaired) electrons. The largest absolute Gasteiger partial charge is 0.354 e. The fourth-order valence-corrected chi connectivity index (χ4v) is 1.58. The lowest BCUT2D eigenvalue weighted by molar-refractivity contribution is -0.121. The Morgan fingerprint density at radius 1 is 1.60 bits per heavy atom. The minimum absolute atomic E-state index is 0.0767. The van der Waals surface area contributed by atoms with Gasteiger partial charge in [0.05, 0.1) is 0 Å². The summed E-state index contributed by atoms with van der Waals surface area (Å²) in [5.41, 5.74) is 6.55. The van der Waals surface area contributed by atoms with Gasteiger partial charge >= 0.3 is 0 Å². The molecule has 3 N–H and O–H groups in total. The van der Waals surface area contributed by atoms with Crippen molar-refractivity contribution in [1.82, 2.24) is 9.88 Å². The van der Waals surface area contributed by atoms with Crippen LogP contribution >= 0.6 is 0 Å². The van der Waals surface area contributed by atoms with Crippen LogP contribution in [0.3, 0.4) is 0 Å². The van der Waals surface area contributed by atoms with Crippen LogP contribution in [0.4, 0.5) is 0 Å². The Balaban J connectivity index is 1.81. The zero-order chi connectivity index (χ0) is 10.7. The molecule has 1 fully saturated rings. The third kappa shape index (κ3) is 2.83. The summed E-state index contributed by atoms with van der Waals surface area (Å²) in [4.78, 5) is 11.5. The highest BCUT2D eigenvalue weighted by molar-refractivity contribution is 5.75. The molecule has 1 amide bonds. The standard InChI is InChI=1S/C11H17N3O/c12-6-10-2-1-5-14(10)8-11(15)13-7-9-3-4-9/h1-2,5,9H,3-4,6-8,12H2,(H,13,15). The summed E-state index contributed by atoms with van der Waals surface area (Å²) >= 11 is 0. The maximum Gasteiger partial charge on any atom is 0.239 e. The number of hydrogen-bond acceptors (Lipinski definition) is 2. The van der Waals surface area contributed by atoms with E-state index < -0.39 is 0 Å². The minimum Gasteiger partial charge on any atom is -0.354 e. The van der Waals surface area contributed by atoms with Crippen LogP contribution in [0.1, 0.15) is 18.5 Å². The molecular weight excluding hydrogens is 190 g/mol. The van der Waals surface area contributed by atoms with Gasteiger partial charge in [-0.3, -0.25) is 4.79 Å². The number of carbonyl (C=O) groups is 1. The van der Waals surface area contributed by atoms with Crippen molar-refractivity contribution >= 4 is 5.91 Å². The summed E-state index contributed by atoms with van der Waals surface area (Å²) < 4.78 is 1.89. The summed E-state index contributed by atoms with van der Waals surface area (Å²) in [6.45, 7) is 1.69. The van der Waals surface area contributed by atoms with E-state index in [-0.39, 0.29) is 5.91 Å². The highest BCUT2D eigenvalue weighted by Crippen LogP contribution is 2.27. The minimum atomic E-state index is 0.0767. The lowest BCUT2D eigenvalue weighted by atomic mass is 10.4. The average molecular weight is 207 g/mol. The molecule has 1 heterocycles. The second-order valence-electron chi connectivity index (χ2n) is 4.08. The van der Waals surface area contributed by atoms with Crippen molar-refractivity contribution in [2.45, 2.75) is 25.9 Å². The number of nitrogens with zero attached hydrogens (tertiary/aromatic N) is 1. The zero-order valence-electron chi connectivity index (χ0n) is 8.78. The maximum absolute atomic E-state index is 11.5. The van der Waals surface area contributed by atoms with Crippen LogP contribution in [0.15, 0.2) is 18.3 Å². The van der Waals surface area contributed by atoms with E-state index in [1.807, 2.05) is 22.9 Å². The molecule has 0 aliphatic heterocycles. The SMILES string of the molecule is NCc1cccn1CC(=O)NCC1CC1. The van der Waals surface area contributed by atoms with E-state index in [1.54, 1.807) is 0 Å². The fourth-order valence-electron chi connectivity index (χ4n) is 1.58. The van der Waals surface area contributed by atoms with Gasteiger partial charge in [0.1, 0.15) is 6.54 Å². The molecule has 1 saturated carbocycles. The van der Waals surface area contributed by atoms with Crippen molar-refractivity contribution in [3.05, 3.63) is 24.0 Å². The van der Waals surface area contributed by atoms with E-state index in [9.17, 15) is 4.79 Å². The third-order valence-corrected chi connectivity index (χ3v) is 2.73. The highest BCUT2D eigenvalue weighted by atomic mass is 16.1. The number of carbonyl (C=O) groups excluding carboxylic acids is 1. The summed E-state index contributed by atoms with van der Waals surface area (Å²) in [6, 6.07) is 3.85. The Labute approximate surface area is 89.5 Å². The molecule has 82 valence electrons. The van der Waals surface area contributed by atoms with Crippen molar-refractivity contribution in [1.29, 1.82) is 0 Å². The number of nitrogens with one attached hydrogen (secondary N) is 1. The first-order valence-electron chi connectivity index (χ1n) is 5.40. The lowest BCUT2D eigenvalue weighted by Crippen LogP contribution is -2.29. The van der Waals surface area contributed by atoms with Crippen LogP contribution in [0.25, 0.3) is 0 Å². The molecule has 0 atom stereocenters. The predicted octanol–water partition coefficient (Wildman–Crippen LogP) is 0.473. The molecule has 1 aromatic heterocycles. The first-order valence-corrected chi connectivity index (χ1v) is 5.40. The number of hydrogen-bond donors (Lipinski definition) is 2. The van der Waals surface area contributed by atoms with Crippen LogP contribution in [-0.2, 0) is 17.9 Å². The van der Waals surface area contributed by atoms with Crippen molar-refractivity contribution < 1.29 is 4.79 Å². The Morgan fingerprint density at radius 2 is 2.40 bits per heavy atom. The van der Waals surface area contributed by atoms with Gasteiger partial charge in [0.2, 0.25) is 5.91 Å². The molecule has 0 spiro atoms. The smallest absolute Gasteiger partial charge is 0.239 e. The van der Waals surface area contributed by atoms with Gasteiger partial charge < -0.3 is 15.6 Å². The van der Waals surface area contributed by atoms with E-state index in [0.717, 1.165) is 18.2 Å². The first kappa shape index (κ1) is 10.2. The molecule has 0 saturated heterocycles. The number of amides is 1. The van der Waals surface area contributed by atoms with Gasteiger partial charge in [0.25, 0.3) is 0 Å². The zero-order valence-corrected chi connectivity index (χ0v) is 8.78. The van der Waals surface area contributed by atoms with E-state index >= 15 is 0 Å². The summed E-state index contributed by atoms with van der Waals surface area (Å²) in [5, 5.41) is 2.93. The Bertz CT molecular complexity index is 341.